The number of nitrogens with one attached hydrogen (secondary N) is 2. The quantitative estimate of drug-likeness (QED) is 0.742. The van der Waals surface area contributed by atoms with Gasteiger partial charge in [-0.25, -0.2) is 8.42 Å². The first-order chi connectivity index (χ1) is 11.7. The molecule has 0 aliphatic rings. The molecule has 0 saturated heterocycles. The number of sulfonamides is 1. The fraction of sp³-hybridized carbons (Fsp3) is 0.294. The molecule has 0 aliphatic heterocycles. The topological polar surface area (TPSA) is 101 Å². The second-order valence-corrected chi connectivity index (χ2v) is 7.75. The normalized spacial score (nSPS) is 11.7. The van der Waals surface area contributed by atoms with Crippen molar-refractivity contribution in [2.75, 3.05) is 4.72 Å². The van der Waals surface area contributed by atoms with Crippen molar-refractivity contribution in [2.45, 2.75) is 39.5 Å². The van der Waals surface area contributed by atoms with E-state index in [1.54, 1.807) is 32.9 Å². The van der Waals surface area contributed by atoms with Crippen molar-refractivity contribution in [3.05, 3.63) is 46.5 Å². The van der Waals surface area contributed by atoms with E-state index in [-0.39, 0.29) is 10.8 Å². The zero-order valence-corrected chi connectivity index (χ0v) is 15.6. The Kier molecular flexibility index (Phi) is 4.16. The van der Waals surface area contributed by atoms with Gasteiger partial charge in [0, 0.05) is 17.1 Å². The Labute approximate surface area is 146 Å². The lowest BCUT2D eigenvalue weighted by molar-refractivity contribution is 0.424. The summed E-state index contributed by atoms with van der Waals surface area (Å²) in [6.07, 6.45) is 0. The van der Waals surface area contributed by atoms with Gasteiger partial charge in [-0.1, -0.05) is 11.2 Å². The summed E-state index contributed by atoms with van der Waals surface area (Å²) in [5.74, 6) is 0.624. The number of aryl methyl sites for hydroxylation is 5. The number of hydrogen-bond acceptors (Lipinski definition) is 5. The molecule has 3 rings (SSSR count). The summed E-state index contributed by atoms with van der Waals surface area (Å²) < 4.78 is 33.9. The molecule has 2 N–H and O–H groups in total. The molecule has 0 aliphatic carbocycles. The number of hydrogen-bond donors (Lipinski definition) is 2. The van der Waals surface area contributed by atoms with E-state index in [9.17, 15) is 8.42 Å². The van der Waals surface area contributed by atoms with Gasteiger partial charge >= 0.3 is 0 Å². The standard InChI is InChI=1S/C17H20N4O3S/c1-9-6-7-14(8-10(9)2)21-25(22,23)16-12(4)18-11(3)15(16)17-19-13(5)20-24-17/h6-8,18,21H,1-5H3. The van der Waals surface area contributed by atoms with Crippen molar-refractivity contribution in [2.24, 2.45) is 0 Å². The first kappa shape index (κ1) is 17.2. The van der Waals surface area contributed by atoms with Gasteiger partial charge in [-0.3, -0.25) is 4.72 Å². The minimum Gasteiger partial charge on any atom is -0.361 e. The number of rotatable bonds is 4. The third-order valence-electron chi connectivity index (χ3n) is 4.09. The highest BCUT2D eigenvalue weighted by Crippen LogP contribution is 2.33. The van der Waals surface area contributed by atoms with E-state index in [1.807, 2.05) is 19.9 Å². The summed E-state index contributed by atoms with van der Waals surface area (Å²) in [4.78, 5) is 7.34. The number of H-pyrrole nitrogens is 1. The maximum absolute atomic E-state index is 13.0. The van der Waals surface area contributed by atoms with Crippen LogP contribution >= 0.6 is 0 Å². The molecule has 3 aromatic rings. The number of benzene rings is 1. The molecule has 0 unspecified atom stereocenters. The van der Waals surface area contributed by atoms with Crippen molar-refractivity contribution in [1.29, 1.82) is 0 Å². The zero-order chi connectivity index (χ0) is 18.4. The van der Waals surface area contributed by atoms with Crippen LogP contribution in [0.2, 0.25) is 0 Å². The Morgan fingerprint density at radius 2 is 1.76 bits per heavy atom. The summed E-state index contributed by atoms with van der Waals surface area (Å²) in [5, 5.41) is 3.76. The van der Waals surface area contributed by atoms with Crippen LogP contribution in [0.15, 0.2) is 27.6 Å². The Morgan fingerprint density at radius 1 is 1.04 bits per heavy atom. The summed E-state index contributed by atoms with van der Waals surface area (Å²) in [5.41, 5.74) is 4.18. The molecular weight excluding hydrogens is 340 g/mol. The van der Waals surface area contributed by atoms with Gasteiger partial charge < -0.3 is 9.51 Å². The van der Waals surface area contributed by atoms with Crippen LogP contribution in [0.3, 0.4) is 0 Å². The molecular formula is C17H20N4O3S. The first-order valence-corrected chi connectivity index (χ1v) is 9.27. The Bertz CT molecular complexity index is 1050. The van der Waals surface area contributed by atoms with Crippen molar-refractivity contribution in [3.8, 4) is 11.5 Å². The van der Waals surface area contributed by atoms with Gasteiger partial charge in [0.25, 0.3) is 15.9 Å². The van der Waals surface area contributed by atoms with E-state index in [4.69, 9.17) is 4.52 Å². The second-order valence-electron chi connectivity index (χ2n) is 6.13. The molecule has 2 heterocycles. The molecule has 0 radical (unpaired) electrons. The van der Waals surface area contributed by atoms with Gasteiger partial charge in [-0.2, -0.15) is 4.98 Å². The molecule has 132 valence electrons. The molecule has 0 fully saturated rings. The number of aromatic nitrogens is 3. The van der Waals surface area contributed by atoms with E-state index in [1.165, 1.54) is 0 Å². The third-order valence-corrected chi connectivity index (χ3v) is 5.64. The minimum atomic E-state index is -3.83. The van der Waals surface area contributed by atoms with Gasteiger partial charge in [0.15, 0.2) is 5.82 Å². The molecule has 0 amide bonds. The third kappa shape index (κ3) is 3.17. The highest BCUT2D eigenvalue weighted by atomic mass is 32.2. The van der Waals surface area contributed by atoms with E-state index in [0.29, 0.717) is 28.5 Å². The van der Waals surface area contributed by atoms with Crippen LogP contribution in [0.5, 0.6) is 0 Å². The fourth-order valence-corrected chi connectivity index (χ4v) is 4.26. The second kappa shape index (κ2) is 6.03. The average Bonchev–Trinajstić information content (AvgIpc) is 3.05. The average molecular weight is 360 g/mol. The summed E-state index contributed by atoms with van der Waals surface area (Å²) in [7, 11) is -3.83. The van der Waals surface area contributed by atoms with E-state index in [2.05, 4.69) is 19.8 Å². The molecule has 25 heavy (non-hydrogen) atoms. The summed E-state index contributed by atoms with van der Waals surface area (Å²) >= 11 is 0. The van der Waals surface area contributed by atoms with Crippen LogP contribution in [0.25, 0.3) is 11.5 Å². The van der Waals surface area contributed by atoms with E-state index >= 15 is 0 Å². The number of anilines is 1. The van der Waals surface area contributed by atoms with Crippen molar-refractivity contribution >= 4 is 15.7 Å². The largest absolute Gasteiger partial charge is 0.361 e. The zero-order valence-electron chi connectivity index (χ0n) is 14.8. The Hall–Kier alpha value is -2.61. The Morgan fingerprint density at radius 3 is 2.36 bits per heavy atom. The van der Waals surface area contributed by atoms with Crippen LogP contribution < -0.4 is 4.72 Å². The predicted octanol–water partition coefficient (Wildman–Crippen LogP) is 3.41. The van der Waals surface area contributed by atoms with Gasteiger partial charge in [-0.05, 0) is 57.9 Å². The van der Waals surface area contributed by atoms with Crippen molar-refractivity contribution < 1.29 is 12.9 Å². The van der Waals surface area contributed by atoms with Crippen LogP contribution in [0, 0.1) is 34.6 Å². The molecule has 0 atom stereocenters. The van der Waals surface area contributed by atoms with Gasteiger partial charge in [0.2, 0.25) is 0 Å². The van der Waals surface area contributed by atoms with Gasteiger partial charge in [-0.15, -0.1) is 0 Å². The van der Waals surface area contributed by atoms with Crippen LogP contribution in [-0.2, 0) is 10.0 Å². The fourth-order valence-electron chi connectivity index (χ4n) is 2.76. The summed E-state index contributed by atoms with van der Waals surface area (Å²) in [6.45, 7) is 9.07. The molecule has 2 aromatic heterocycles. The predicted molar refractivity (Wildman–Crippen MR) is 95.0 cm³/mol. The lowest BCUT2D eigenvalue weighted by Gasteiger charge is -2.11. The summed E-state index contributed by atoms with van der Waals surface area (Å²) in [6, 6.07) is 5.42. The minimum absolute atomic E-state index is 0.117. The van der Waals surface area contributed by atoms with Crippen LogP contribution in [-0.4, -0.2) is 23.5 Å². The molecule has 8 heteroatoms. The first-order valence-electron chi connectivity index (χ1n) is 7.79. The van der Waals surface area contributed by atoms with E-state index in [0.717, 1.165) is 11.1 Å². The van der Waals surface area contributed by atoms with E-state index < -0.39 is 10.0 Å². The lowest BCUT2D eigenvalue weighted by Crippen LogP contribution is -2.14. The highest BCUT2D eigenvalue weighted by Gasteiger charge is 2.29. The Balaban J connectivity index is 2.10. The van der Waals surface area contributed by atoms with Gasteiger partial charge in [0.05, 0.1) is 5.56 Å². The number of aromatic amines is 1. The van der Waals surface area contributed by atoms with Crippen molar-refractivity contribution in [1.82, 2.24) is 15.1 Å². The lowest BCUT2D eigenvalue weighted by atomic mass is 10.1. The smallest absolute Gasteiger partial charge is 0.264 e. The molecule has 1 aromatic carbocycles. The molecule has 0 bridgehead atoms. The molecule has 0 saturated carbocycles. The van der Waals surface area contributed by atoms with Crippen LogP contribution in [0.1, 0.15) is 28.3 Å². The van der Waals surface area contributed by atoms with Crippen LogP contribution in [0.4, 0.5) is 5.69 Å². The van der Waals surface area contributed by atoms with Crippen molar-refractivity contribution in [3.63, 3.8) is 0 Å². The van der Waals surface area contributed by atoms with Gasteiger partial charge in [0.1, 0.15) is 4.90 Å². The maximum atomic E-state index is 13.0. The molecule has 0 spiro atoms. The highest BCUT2D eigenvalue weighted by molar-refractivity contribution is 7.93. The molecule has 7 nitrogen and oxygen atoms in total. The number of nitrogens with zero attached hydrogens (tertiary/aromatic N) is 2. The maximum Gasteiger partial charge on any atom is 0.264 e. The SMILES string of the molecule is Cc1noc(-c2c(C)[nH]c(C)c2S(=O)(=O)Nc2ccc(C)c(C)c2)n1. The monoisotopic (exact) mass is 360 g/mol.